The van der Waals surface area contributed by atoms with Crippen molar-refractivity contribution in [3.8, 4) is 0 Å². The number of halogens is 1. The van der Waals surface area contributed by atoms with E-state index < -0.39 is 28.5 Å². The zero-order valence-corrected chi connectivity index (χ0v) is 25.5. The van der Waals surface area contributed by atoms with E-state index >= 15 is 0 Å². The van der Waals surface area contributed by atoms with Crippen LogP contribution < -0.4 is 9.62 Å². The molecule has 3 aromatic carbocycles. The smallest absolute Gasteiger partial charge is 0.264 e. The van der Waals surface area contributed by atoms with Crippen LogP contribution >= 0.6 is 11.6 Å². The number of nitrogens with zero attached hydrogens (tertiary/aromatic N) is 2. The summed E-state index contributed by atoms with van der Waals surface area (Å²) in [5.74, 6) is -0.581. The standard InChI is InChI=1S/C31H38ClN3O4S/c1-21(2)18-33-31(37)25(6)34(19-26-14-10-22(3)11-15-26)30(36)20-35(29-9-7-8-28(32)24(29)5)40(38,39)27-16-12-23(4)13-17-27/h7-17,21,25H,18-20H2,1-6H3,(H,33,37)/t25-/m1/s1. The zero-order valence-electron chi connectivity index (χ0n) is 23.9. The Hall–Kier alpha value is -3.36. The molecule has 0 aliphatic carbocycles. The molecule has 0 radical (unpaired) electrons. The Bertz CT molecular complexity index is 1440. The van der Waals surface area contributed by atoms with Crippen molar-refractivity contribution in [1.82, 2.24) is 10.2 Å². The highest BCUT2D eigenvalue weighted by atomic mass is 35.5. The van der Waals surface area contributed by atoms with Crippen LogP contribution in [-0.2, 0) is 26.2 Å². The van der Waals surface area contributed by atoms with Gasteiger partial charge in [0.25, 0.3) is 10.0 Å². The Kier molecular flexibility index (Phi) is 10.4. The molecule has 1 atom stereocenters. The van der Waals surface area contributed by atoms with Crippen LogP contribution in [-0.4, -0.2) is 44.3 Å². The predicted molar refractivity (Wildman–Crippen MR) is 161 cm³/mol. The van der Waals surface area contributed by atoms with Crippen molar-refractivity contribution in [2.45, 2.75) is 59.0 Å². The highest BCUT2D eigenvalue weighted by Gasteiger charge is 2.33. The fourth-order valence-corrected chi connectivity index (χ4v) is 5.78. The van der Waals surface area contributed by atoms with E-state index in [9.17, 15) is 18.0 Å². The first-order valence-corrected chi connectivity index (χ1v) is 15.1. The molecule has 0 spiro atoms. The van der Waals surface area contributed by atoms with Crippen molar-refractivity contribution < 1.29 is 18.0 Å². The number of hydrogen-bond acceptors (Lipinski definition) is 4. The number of anilines is 1. The van der Waals surface area contributed by atoms with Crippen molar-refractivity contribution in [3.05, 3.63) is 94.0 Å². The Morgan fingerprint density at radius 2 is 1.45 bits per heavy atom. The van der Waals surface area contributed by atoms with Gasteiger partial charge in [0.15, 0.2) is 0 Å². The molecule has 0 aromatic heterocycles. The normalized spacial score (nSPS) is 12.2. The van der Waals surface area contributed by atoms with Crippen molar-refractivity contribution in [2.24, 2.45) is 5.92 Å². The third-order valence-electron chi connectivity index (χ3n) is 6.72. The molecule has 3 rings (SSSR count). The second-order valence-corrected chi connectivity index (χ2v) is 12.8. The minimum absolute atomic E-state index is 0.0538. The molecule has 2 amide bonds. The van der Waals surface area contributed by atoms with E-state index in [-0.39, 0.29) is 23.3 Å². The van der Waals surface area contributed by atoms with Gasteiger partial charge in [-0.2, -0.15) is 0 Å². The van der Waals surface area contributed by atoms with Gasteiger partial charge in [0.1, 0.15) is 12.6 Å². The molecular weight excluding hydrogens is 546 g/mol. The molecule has 0 heterocycles. The zero-order chi connectivity index (χ0) is 29.6. The van der Waals surface area contributed by atoms with Gasteiger partial charge in [-0.3, -0.25) is 13.9 Å². The minimum atomic E-state index is -4.16. The average molecular weight is 584 g/mol. The van der Waals surface area contributed by atoms with Gasteiger partial charge in [0.2, 0.25) is 11.8 Å². The maximum Gasteiger partial charge on any atom is 0.264 e. The number of aryl methyl sites for hydroxylation is 2. The summed E-state index contributed by atoms with van der Waals surface area (Å²) >= 11 is 6.38. The van der Waals surface area contributed by atoms with E-state index in [0.29, 0.717) is 22.8 Å². The Morgan fingerprint density at radius 3 is 2.02 bits per heavy atom. The predicted octanol–water partition coefficient (Wildman–Crippen LogP) is 5.65. The Morgan fingerprint density at radius 1 is 0.875 bits per heavy atom. The van der Waals surface area contributed by atoms with Crippen molar-refractivity contribution in [3.63, 3.8) is 0 Å². The van der Waals surface area contributed by atoms with E-state index in [0.717, 1.165) is 21.0 Å². The highest BCUT2D eigenvalue weighted by molar-refractivity contribution is 7.92. The van der Waals surface area contributed by atoms with E-state index in [1.165, 1.54) is 17.0 Å². The molecule has 7 nitrogen and oxygen atoms in total. The van der Waals surface area contributed by atoms with Crippen LogP contribution in [0.3, 0.4) is 0 Å². The van der Waals surface area contributed by atoms with Crippen LogP contribution in [0.4, 0.5) is 5.69 Å². The fourth-order valence-electron chi connectivity index (χ4n) is 4.14. The van der Waals surface area contributed by atoms with Gasteiger partial charge in [0, 0.05) is 18.1 Å². The summed E-state index contributed by atoms with van der Waals surface area (Å²) in [7, 11) is -4.16. The van der Waals surface area contributed by atoms with Crippen LogP contribution in [0.5, 0.6) is 0 Å². The highest BCUT2D eigenvalue weighted by Crippen LogP contribution is 2.31. The summed E-state index contributed by atoms with van der Waals surface area (Å²) in [4.78, 5) is 28.6. The summed E-state index contributed by atoms with van der Waals surface area (Å²) < 4.78 is 29.0. The van der Waals surface area contributed by atoms with E-state index in [1.54, 1.807) is 44.2 Å². The van der Waals surface area contributed by atoms with Crippen LogP contribution in [0.1, 0.15) is 43.0 Å². The summed E-state index contributed by atoms with van der Waals surface area (Å²) in [6, 6.07) is 18.2. The lowest BCUT2D eigenvalue weighted by atomic mass is 10.1. The summed E-state index contributed by atoms with van der Waals surface area (Å²) in [5, 5.41) is 3.27. The summed E-state index contributed by atoms with van der Waals surface area (Å²) in [5.41, 5.74) is 3.63. The van der Waals surface area contributed by atoms with Gasteiger partial charge in [0.05, 0.1) is 10.6 Å². The first-order valence-electron chi connectivity index (χ1n) is 13.3. The number of sulfonamides is 1. The molecule has 0 saturated heterocycles. The largest absolute Gasteiger partial charge is 0.354 e. The minimum Gasteiger partial charge on any atom is -0.354 e. The quantitative estimate of drug-likeness (QED) is 0.316. The lowest BCUT2D eigenvalue weighted by molar-refractivity contribution is -0.139. The molecule has 0 saturated carbocycles. The summed E-state index contributed by atoms with van der Waals surface area (Å²) in [6.45, 7) is 11.3. The molecule has 0 bridgehead atoms. The molecule has 0 unspecified atom stereocenters. The van der Waals surface area contributed by atoms with Crippen LogP contribution in [0, 0.1) is 26.7 Å². The molecule has 9 heteroatoms. The average Bonchev–Trinajstić information content (AvgIpc) is 2.91. The van der Waals surface area contributed by atoms with Crippen molar-refractivity contribution in [2.75, 3.05) is 17.4 Å². The summed E-state index contributed by atoms with van der Waals surface area (Å²) in [6.07, 6.45) is 0. The van der Waals surface area contributed by atoms with Crippen LogP contribution in [0.15, 0.2) is 71.6 Å². The van der Waals surface area contributed by atoms with Gasteiger partial charge >= 0.3 is 0 Å². The van der Waals surface area contributed by atoms with E-state index in [2.05, 4.69) is 5.32 Å². The van der Waals surface area contributed by atoms with Gasteiger partial charge in [-0.15, -0.1) is 0 Å². The van der Waals surface area contributed by atoms with Gasteiger partial charge in [-0.1, -0.05) is 79.0 Å². The fraction of sp³-hybridized carbons (Fsp3) is 0.355. The van der Waals surface area contributed by atoms with Gasteiger partial charge < -0.3 is 10.2 Å². The molecule has 0 aliphatic rings. The maximum atomic E-state index is 14.0. The number of carbonyl (C=O) groups excluding carboxylic acids is 2. The Balaban J connectivity index is 2.05. The number of rotatable bonds is 11. The number of hydrogen-bond donors (Lipinski definition) is 1. The van der Waals surface area contributed by atoms with E-state index in [1.807, 2.05) is 52.0 Å². The molecule has 0 aliphatic heterocycles. The van der Waals surface area contributed by atoms with Gasteiger partial charge in [-0.25, -0.2) is 8.42 Å². The second-order valence-electron chi connectivity index (χ2n) is 10.5. The third kappa shape index (κ3) is 7.64. The van der Waals surface area contributed by atoms with Gasteiger partial charge in [-0.05, 0) is 69.0 Å². The monoisotopic (exact) mass is 583 g/mol. The first-order chi connectivity index (χ1) is 18.8. The lowest BCUT2D eigenvalue weighted by Gasteiger charge is -2.32. The number of amides is 2. The van der Waals surface area contributed by atoms with Crippen molar-refractivity contribution >= 4 is 39.1 Å². The molecule has 3 aromatic rings. The second kappa shape index (κ2) is 13.3. The SMILES string of the molecule is Cc1ccc(CN(C(=O)CN(c2cccc(Cl)c2C)S(=O)(=O)c2ccc(C)cc2)[C@H](C)C(=O)NCC(C)C)cc1. The third-order valence-corrected chi connectivity index (χ3v) is 8.90. The lowest BCUT2D eigenvalue weighted by Crippen LogP contribution is -2.51. The molecule has 40 heavy (non-hydrogen) atoms. The number of carbonyl (C=O) groups is 2. The van der Waals surface area contributed by atoms with Crippen LogP contribution in [0.25, 0.3) is 0 Å². The molecular formula is C31H38ClN3O4S. The topological polar surface area (TPSA) is 86.8 Å². The van der Waals surface area contributed by atoms with Crippen LogP contribution in [0.2, 0.25) is 5.02 Å². The molecule has 214 valence electrons. The number of nitrogens with one attached hydrogen (secondary N) is 1. The van der Waals surface area contributed by atoms with E-state index in [4.69, 9.17) is 11.6 Å². The first kappa shape index (κ1) is 31.2. The number of benzene rings is 3. The maximum absolute atomic E-state index is 14.0. The molecule has 0 fully saturated rings. The van der Waals surface area contributed by atoms with Crippen molar-refractivity contribution in [1.29, 1.82) is 0 Å². The molecule has 1 N–H and O–H groups in total. The Labute approximate surface area is 243 Å².